The van der Waals surface area contributed by atoms with Crippen LogP contribution < -0.4 is 25.2 Å². The minimum atomic E-state index is -0.876. The van der Waals surface area contributed by atoms with Crippen LogP contribution in [0.1, 0.15) is 29.2 Å². The zero-order valence-corrected chi connectivity index (χ0v) is 21.2. The fraction of sp³-hybridized carbons (Fsp3) is 0.286. The Kier molecular flexibility index (Phi) is 7.71. The first-order valence-corrected chi connectivity index (χ1v) is 11.8. The van der Waals surface area contributed by atoms with Gasteiger partial charge in [-0.1, -0.05) is 24.3 Å². The molecule has 4 aromatic rings. The molecule has 0 spiro atoms. The van der Waals surface area contributed by atoms with Crippen molar-refractivity contribution in [1.82, 2.24) is 9.88 Å². The monoisotopic (exact) mass is 506 g/mol. The summed E-state index contributed by atoms with van der Waals surface area (Å²) in [5, 5.41) is 14.8. The molecule has 1 atom stereocenters. The molecule has 9 nitrogen and oxygen atoms in total. The standard InChI is InChI=1S/C28H30N2O7/c1-17-15-22(31)25(28(33)37-17)20(19-9-10-23(34-2)27(36-4)26(19)35-3)16-24(32)29-12-14-30-13-11-18-7-5-6-8-21(18)30/h5-11,13,15,20,31H,12,14,16H2,1-4H3,(H,29,32)/t20-/m1/s1. The van der Waals surface area contributed by atoms with Crippen LogP contribution in [0.2, 0.25) is 0 Å². The molecule has 0 saturated heterocycles. The van der Waals surface area contributed by atoms with Gasteiger partial charge in [0.1, 0.15) is 11.5 Å². The van der Waals surface area contributed by atoms with Gasteiger partial charge in [-0.25, -0.2) is 4.79 Å². The maximum atomic E-state index is 13.1. The summed E-state index contributed by atoms with van der Waals surface area (Å²) in [6, 6.07) is 14.7. The van der Waals surface area contributed by atoms with E-state index >= 15 is 0 Å². The number of methoxy groups -OCH3 is 3. The van der Waals surface area contributed by atoms with Crippen molar-refractivity contribution >= 4 is 16.8 Å². The SMILES string of the molecule is COc1ccc([C@@H](CC(=O)NCCn2ccc3ccccc32)c2c(O)cc(C)oc2=O)c(OC)c1OC. The van der Waals surface area contributed by atoms with Crippen LogP contribution in [0.4, 0.5) is 0 Å². The highest BCUT2D eigenvalue weighted by Gasteiger charge is 2.30. The number of benzene rings is 2. The summed E-state index contributed by atoms with van der Waals surface area (Å²) in [5.74, 6) is -0.168. The number of ether oxygens (including phenoxy) is 3. The highest BCUT2D eigenvalue weighted by Crippen LogP contribution is 2.45. The van der Waals surface area contributed by atoms with Gasteiger partial charge in [0.15, 0.2) is 11.5 Å². The second-order valence-corrected chi connectivity index (χ2v) is 8.54. The summed E-state index contributed by atoms with van der Waals surface area (Å²) in [6.07, 6.45) is 1.84. The minimum Gasteiger partial charge on any atom is -0.507 e. The van der Waals surface area contributed by atoms with Gasteiger partial charge in [-0.15, -0.1) is 0 Å². The van der Waals surface area contributed by atoms with E-state index in [0.717, 1.165) is 10.9 Å². The molecule has 0 radical (unpaired) electrons. The molecule has 2 aromatic carbocycles. The molecule has 37 heavy (non-hydrogen) atoms. The Hall–Kier alpha value is -4.40. The number of amides is 1. The van der Waals surface area contributed by atoms with Crippen molar-refractivity contribution in [2.75, 3.05) is 27.9 Å². The van der Waals surface area contributed by atoms with Crippen molar-refractivity contribution in [1.29, 1.82) is 0 Å². The lowest BCUT2D eigenvalue weighted by atomic mass is 9.87. The fourth-order valence-corrected chi connectivity index (χ4v) is 4.60. The number of para-hydroxylation sites is 1. The highest BCUT2D eigenvalue weighted by atomic mass is 16.5. The first kappa shape index (κ1) is 25.7. The third kappa shape index (κ3) is 5.25. The number of carbonyl (C=O) groups is 1. The largest absolute Gasteiger partial charge is 0.507 e. The third-order valence-electron chi connectivity index (χ3n) is 6.29. The van der Waals surface area contributed by atoms with Crippen molar-refractivity contribution in [2.45, 2.75) is 25.8 Å². The zero-order valence-electron chi connectivity index (χ0n) is 21.2. The lowest BCUT2D eigenvalue weighted by Gasteiger charge is -2.22. The number of hydrogen-bond acceptors (Lipinski definition) is 7. The summed E-state index contributed by atoms with van der Waals surface area (Å²) in [4.78, 5) is 26.0. The van der Waals surface area contributed by atoms with Crippen molar-refractivity contribution < 1.29 is 28.5 Å². The van der Waals surface area contributed by atoms with E-state index in [0.29, 0.717) is 30.2 Å². The number of nitrogens with one attached hydrogen (secondary N) is 1. The quantitative estimate of drug-likeness (QED) is 0.335. The zero-order chi connectivity index (χ0) is 26.5. The molecule has 0 saturated carbocycles. The number of nitrogens with zero attached hydrogens (tertiary/aromatic N) is 1. The Morgan fingerprint density at radius 3 is 2.51 bits per heavy atom. The summed E-state index contributed by atoms with van der Waals surface area (Å²) < 4.78 is 23.8. The van der Waals surface area contributed by atoms with Crippen LogP contribution in [-0.4, -0.2) is 43.5 Å². The average Bonchev–Trinajstić information content (AvgIpc) is 3.29. The maximum Gasteiger partial charge on any atom is 0.343 e. The molecule has 2 heterocycles. The maximum absolute atomic E-state index is 13.1. The number of aromatic nitrogens is 1. The summed E-state index contributed by atoms with van der Waals surface area (Å²) in [6.45, 7) is 2.51. The first-order valence-electron chi connectivity index (χ1n) is 11.8. The molecule has 0 aliphatic rings. The Morgan fingerprint density at radius 2 is 1.81 bits per heavy atom. The van der Waals surface area contributed by atoms with Crippen molar-refractivity contribution in [2.24, 2.45) is 0 Å². The molecule has 9 heteroatoms. The van der Waals surface area contributed by atoms with Crippen LogP contribution in [-0.2, 0) is 11.3 Å². The van der Waals surface area contributed by atoms with Gasteiger partial charge in [0.05, 0.1) is 26.9 Å². The number of aromatic hydroxyl groups is 1. The number of hydrogen-bond donors (Lipinski definition) is 2. The van der Waals surface area contributed by atoms with E-state index in [9.17, 15) is 14.7 Å². The number of carbonyl (C=O) groups excluding carboxylic acids is 1. The van der Waals surface area contributed by atoms with Crippen molar-refractivity contribution in [3.8, 4) is 23.0 Å². The number of rotatable bonds is 10. The fourth-order valence-electron chi connectivity index (χ4n) is 4.60. The summed E-state index contributed by atoms with van der Waals surface area (Å²) in [5.41, 5.74) is 0.777. The molecule has 2 N–H and O–H groups in total. The van der Waals surface area contributed by atoms with Crippen LogP contribution >= 0.6 is 0 Å². The van der Waals surface area contributed by atoms with Gasteiger partial charge in [-0.2, -0.15) is 0 Å². The molecule has 4 rings (SSSR count). The molecule has 1 amide bonds. The van der Waals surface area contributed by atoms with Crippen molar-refractivity contribution in [3.63, 3.8) is 0 Å². The topological polar surface area (TPSA) is 112 Å². The van der Waals surface area contributed by atoms with Crippen LogP contribution in [0.3, 0.4) is 0 Å². The minimum absolute atomic E-state index is 0.0392. The lowest BCUT2D eigenvalue weighted by Crippen LogP contribution is -2.29. The van der Waals surface area contributed by atoms with Gasteiger partial charge in [0, 0.05) is 48.8 Å². The van der Waals surface area contributed by atoms with E-state index in [1.54, 1.807) is 19.1 Å². The molecule has 0 aliphatic carbocycles. The van der Waals surface area contributed by atoms with Gasteiger partial charge < -0.3 is 33.6 Å². The lowest BCUT2D eigenvalue weighted by molar-refractivity contribution is -0.121. The van der Waals surface area contributed by atoms with E-state index in [1.807, 2.05) is 36.5 Å². The summed E-state index contributed by atoms with van der Waals surface area (Å²) >= 11 is 0. The normalized spacial score (nSPS) is 11.8. The van der Waals surface area contributed by atoms with E-state index < -0.39 is 11.5 Å². The predicted octanol–water partition coefficient (Wildman–Crippen LogP) is 3.97. The molecule has 0 bridgehead atoms. The summed E-state index contributed by atoms with van der Waals surface area (Å²) in [7, 11) is 4.42. The van der Waals surface area contributed by atoms with Gasteiger partial charge in [-0.05, 0) is 30.5 Å². The Labute approximate surface area is 214 Å². The molecule has 2 aromatic heterocycles. The van der Waals surface area contributed by atoms with Crippen LogP contribution in [0, 0.1) is 6.92 Å². The van der Waals surface area contributed by atoms with E-state index in [-0.39, 0.29) is 35.2 Å². The molecule has 0 fully saturated rings. The van der Waals surface area contributed by atoms with Crippen LogP contribution in [0.5, 0.6) is 23.0 Å². The van der Waals surface area contributed by atoms with Gasteiger partial charge in [0.25, 0.3) is 0 Å². The van der Waals surface area contributed by atoms with E-state index in [2.05, 4.69) is 9.88 Å². The van der Waals surface area contributed by atoms with Crippen LogP contribution in [0.15, 0.2) is 63.9 Å². The van der Waals surface area contributed by atoms with Gasteiger partial charge in [0.2, 0.25) is 11.7 Å². The number of aryl methyl sites for hydroxylation is 1. The average molecular weight is 507 g/mol. The Balaban J connectivity index is 1.64. The molecule has 0 unspecified atom stereocenters. The smallest absolute Gasteiger partial charge is 0.343 e. The predicted molar refractivity (Wildman–Crippen MR) is 139 cm³/mol. The Bertz CT molecular complexity index is 1470. The highest BCUT2D eigenvalue weighted by molar-refractivity contribution is 5.80. The molecular weight excluding hydrogens is 476 g/mol. The molecule has 194 valence electrons. The Morgan fingerprint density at radius 1 is 1.05 bits per heavy atom. The van der Waals surface area contributed by atoms with E-state index in [4.69, 9.17) is 18.6 Å². The molecule has 0 aliphatic heterocycles. The second kappa shape index (κ2) is 11.1. The van der Waals surface area contributed by atoms with Crippen LogP contribution in [0.25, 0.3) is 10.9 Å². The van der Waals surface area contributed by atoms with Gasteiger partial charge in [-0.3, -0.25) is 4.79 Å². The molecular formula is C28H30N2O7. The first-order chi connectivity index (χ1) is 17.9. The second-order valence-electron chi connectivity index (χ2n) is 8.54. The van der Waals surface area contributed by atoms with Gasteiger partial charge >= 0.3 is 5.63 Å². The van der Waals surface area contributed by atoms with Crippen molar-refractivity contribution in [3.05, 3.63) is 82.0 Å². The van der Waals surface area contributed by atoms with E-state index in [1.165, 1.54) is 27.4 Å². The number of fused-ring (bicyclic) bond motifs is 1. The third-order valence-corrected chi connectivity index (χ3v) is 6.29.